The number of nitrogens with one attached hydrogen (secondary N) is 2. The number of anilines is 2. The molecular formula is C22H22FN5O. The molecule has 3 aromatic rings. The number of fused-ring (bicyclic) bond motifs is 1. The minimum atomic E-state index is -0.769. The van der Waals surface area contributed by atoms with E-state index in [4.69, 9.17) is 0 Å². The molecule has 4 rings (SSSR count). The van der Waals surface area contributed by atoms with Gasteiger partial charge in [-0.05, 0) is 61.6 Å². The fourth-order valence-electron chi connectivity index (χ4n) is 3.69. The number of hydrogen-bond acceptors (Lipinski definition) is 5. The van der Waals surface area contributed by atoms with Crippen LogP contribution in [0.4, 0.5) is 16.0 Å². The van der Waals surface area contributed by atoms with Crippen molar-refractivity contribution in [1.82, 2.24) is 20.3 Å². The number of hydrogen-bond donors (Lipinski definition) is 2. The van der Waals surface area contributed by atoms with Crippen LogP contribution in [0.3, 0.4) is 0 Å². The first-order valence-corrected chi connectivity index (χ1v) is 9.61. The van der Waals surface area contributed by atoms with E-state index in [1.54, 1.807) is 30.7 Å². The Labute approximate surface area is 168 Å². The van der Waals surface area contributed by atoms with Crippen molar-refractivity contribution >= 4 is 17.5 Å². The van der Waals surface area contributed by atoms with Crippen LogP contribution in [0, 0.1) is 5.82 Å². The molecule has 1 aliphatic rings. The summed E-state index contributed by atoms with van der Waals surface area (Å²) in [6, 6.07) is 9.94. The Morgan fingerprint density at radius 3 is 2.93 bits per heavy atom. The van der Waals surface area contributed by atoms with E-state index >= 15 is 0 Å². The highest BCUT2D eigenvalue weighted by Gasteiger charge is 2.40. The molecule has 1 aromatic carbocycles. The van der Waals surface area contributed by atoms with Crippen molar-refractivity contribution in [2.24, 2.45) is 0 Å². The van der Waals surface area contributed by atoms with Crippen LogP contribution >= 0.6 is 0 Å². The average molecular weight is 391 g/mol. The number of carbonyl (C=O) groups excluding carboxylic acids is 1. The molecule has 1 atom stereocenters. The van der Waals surface area contributed by atoms with Crippen molar-refractivity contribution in [3.05, 3.63) is 77.6 Å². The Kier molecular flexibility index (Phi) is 5.20. The van der Waals surface area contributed by atoms with Crippen LogP contribution in [0.1, 0.15) is 36.6 Å². The molecule has 1 amide bonds. The number of rotatable bonds is 5. The molecule has 148 valence electrons. The second-order valence-electron chi connectivity index (χ2n) is 7.43. The molecule has 1 aliphatic carbocycles. The van der Waals surface area contributed by atoms with Gasteiger partial charge in [0.1, 0.15) is 5.82 Å². The standard InChI is InChI=1S/C22H22FN5O/c1-22(20(29)25-12-15-5-2-7-17(23)11-15)9-3-6-16-13-26-21(28-19(16)22)27-18-8-4-10-24-14-18/h2,4-5,7-8,10-11,13-14H,3,6,9,12H2,1H3,(H,25,29)(H,26,27,28). The molecule has 0 aliphatic heterocycles. The lowest BCUT2D eigenvalue weighted by atomic mass is 9.74. The number of halogens is 1. The van der Waals surface area contributed by atoms with Gasteiger partial charge in [0.15, 0.2) is 0 Å². The second-order valence-corrected chi connectivity index (χ2v) is 7.43. The largest absolute Gasteiger partial charge is 0.351 e. The molecule has 29 heavy (non-hydrogen) atoms. The van der Waals surface area contributed by atoms with Crippen LogP contribution in [0.2, 0.25) is 0 Å². The number of carbonyl (C=O) groups is 1. The van der Waals surface area contributed by atoms with Gasteiger partial charge in [-0.15, -0.1) is 0 Å². The monoisotopic (exact) mass is 391 g/mol. The topological polar surface area (TPSA) is 79.8 Å². The molecule has 0 spiro atoms. The van der Waals surface area contributed by atoms with Gasteiger partial charge in [0.25, 0.3) is 0 Å². The molecule has 6 nitrogen and oxygen atoms in total. The molecule has 2 aromatic heterocycles. The van der Waals surface area contributed by atoms with Crippen molar-refractivity contribution in [1.29, 1.82) is 0 Å². The Morgan fingerprint density at radius 2 is 2.14 bits per heavy atom. The summed E-state index contributed by atoms with van der Waals surface area (Å²) >= 11 is 0. The number of aryl methyl sites for hydroxylation is 1. The summed E-state index contributed by atoms with van der Waals surface area (Å²) in [7, 11) is 0. The normalized spacial score (nSPS) is 18.0. The summed E-state index contributed by atoms with van der Waals surface area (Å²) in [5, 5.41) is 6.09. The zero-order valence-corrected chi connectivity index (χ0v) is 16.2. The Hall–Kier alpha value is -3.35. The molecular weight excluding hydrogens is 369 g/mol. The minimum absolute atomic E-state index is 0.117. The van der Waals surface area contributed by atoms with Gasteiger partial charge in [-0.3, -0.25) is 9.78 Å². The summed E-state index contributed by atoms with van der Waals surface area (Å²) in [5.41, 5.74) is 2.45. The first-order chi connectivity index (χ1) is 14.0. The predicted molar refractivity (Wildman–Crippen MR) is 108 cm³/mol. The van der Waals surface area contributed by atoms with Gasteiger partial charge in [0, 0.05) is 18.9 Å². The number of amides is 1. The summed E-state index contributed by atoms with van der Waals surface area (Å²) < 4.78 is 13.4. The third-order valence-electron chi connectivity index (χ3n) is 5.27. The summed E-state index contributed by atoms with van der Waals surface area (Å²) in [5.74, 6) is 0.00127. The van der Waals surface area contributed by atoms with Gasteiger partial charge in [-0.1, -0.05) is 12.1 Å². The maximum atomic E-state index is 13.4. The van der Waals surface area contributed by atoms with Crippen LogP contribution in [-0.4, -0.2) is 20.9 Å². The number of pyridine rings is 1. The fourth-order valence-corrected chi connectivity index (χ4v) is 3.69. The first kappa shape index (κ1) is 19.0. The van der Waals surface area contributed by atoms with Crippen molar-refractivity contribution in [3.63, 3.8) is 0 Å². The molecule has 0 saturated carbocycles. The highest BCUT2D eigenvalue weighted by atomic mass is 19.1. The van der Waals surface area contributed by atoms with E-state index in [9.17, 15) is 9.18 Å². The molecule has 2 N–H and O–H groups in total. The van der Waals surface area contributed by atoms with Gasteiger partial charge in [0.2, 0.25) is 11.9 Å². The molecule has 7 heteroatoms. The molecule has 0 saturated heterocycles. The zero-order chi connectivity index (χ0) is 20.3. The van der Waals surface area contributed by atoms with Crippen molar-refractivity contribution in [3.8, 4) is 0 Å². The third-order valence-corrected chi connectivity index (χ3v) is 5.27. The lowest BCUT2D eigenvalue weighted by Crippen LogP contribution is -2.45. The zero-order valence-electron chi connectivity index (χ0n) is 16.2. The first-order valence-electron chi connectivity index (χ1n) is 9.61. The number of benzene rings is 1. The van der Waals surface area contributed by atoms with E-state index in [2.05, 4.69) is 25.6 Å². The smallest absolute Gasteiger partial charge is 0.232 e. The molecule has 2 heterocycles. The third kappa shape index (κ3) is 4.08. The SMILES string of the molecule is CC1(C(=O)NCc2cccc(F)c2)CCCc2cnc(Nc3cccnc3)nc21. The van der Waals surface area contributed by atoms with Gasteiger partial charge in [-0.25, -0.2) is 14.4 Å². The van der Waals surface area contributed by atoms with E-state index < -0.39 is 5.41 Å². The van der Waals surface area contributed by atoms with Crippen LogP contribution < -0.4 is 10.6 Å². The minimum Gasteiger partial charge on any atom is -0.351 e. The highest BCUT2D eigenvalue weighted by molar-refractivity contribution is 5.88. The van der Waals surface area contributed by atoms with Crippen molar-refractivity contribution in [2.45, 2.75) is 38.1 Å². The Balaban J connectivity index is 1.56. The van der Waals surface area contributed by atoms with Gasteiger partial charge < -0.3 is 10.6 Å². The fraction of sp³-hybridized carbons (Fsp3) is 0.273. The average Bonchev–Trinajstić information content (AvgIpc) is 2.73. The maximum absolute atomic E-state index is 13.4. The molecule has 0 fully saturated rings. The van der Waals surface area contributed by atoms with E-state index in [1.165, 1.54) is 12.1 Å². The number of nitrogens with zero attached hydrogens (tertiary/aromatic N) is 3. The van der Waals surface area contributed by atoms with Crippen LogP contribution in [0.25, 0.3) is 0 Å². The summed E-state index contributed by atoms with van der Waals surface area (Å²) in [6.07, 6.45) is 7.59. The van der Waals surface area contributed by atoms with Crippen molar-refractivity contribution in [2.75, 3.05) is 5.32 Å². The number of aromatic nitrogens is 3. The Bertz CT molecular complexity index is 1030. The van der Waals surface area contributed by atoms with Crippen LogP contribution in [-0.2, 0) is 23.2 Å². The summed E-state index contributed by atoms with van der Waals surface area (Å²) in [4.78, 5) is 26.3. The van der Waals surface area contributed by atoms with E-state index in [0.717, 1.165) is 35.3 Å². The van der Waals surface area contributed by atoms with E-state index in [-0.39, 0.29) is 18.3 Å². The predicted octanol–water partition coefficient (Wildman–Crippen LogP) is 3.66. The van der Waals surface area contributed by atoms with Gasteiger partial charge in [-0.2, -0.15) is 0 Å². The Morgan fingerprint density at radius 1 is 1.24 bits per heavy atom. The molecule has 1 unspecified atom stereocenters. The van der Waals surface area contributed by atoms with Gasteiger partial charge in [0.05, 0.1) is 23.0 Å². The molecule has 0 bridgehead atoms. The van der Waals surface area contributed by atoms with Gasteiger partial charge >= 0.3 is 0 Å². The lowest BCUT2D eigenvalue weighted by molar-refractivity contribution is -0.127. The quantitative estimate of drug-likeness (QED) is 0.694. The van der Waals surface area contributed by atoms with E-state index in [1.807, 2.05) is 19.1 Å². The highest BCUT2D eigenvalue weighted by Crippen LogP contribution is 2.36. The van der Waals surface area contributed by atoms with Crippen LogP contribution in [0.15, 0.2) is 55.0 Å². The second kappa shape index (κ2) is 7.95. The van der Waals surface area contributed by atoms with Crippen molar-refractivity contribution < 1.29 is 9.18 Å². The lowest BCUT2D eigenvalue weighted by Gasteiger charge is -2.33. The summed E-state index contributed by atoms with van der Waals surface area (Å²) in [6.45, 7) is 2.18. The maximum Gasteiger partial charge on any atom is 0.232 e. The van der Waals surface area contributed by atoms with E-state index in [0.29, 0.717) is 12.4 Å². The molecule has 0 radical (unpaired) electrons. The van der Waals surface area contributed by atoms with Crippen LogP contribution in [0.5, 0.6) is 0 Å².